The second-order valence-corrected chi connectivity index (χ2v) is 5.60. The molecule has 0 aromatic heterocycles. The zero-order valence-corrected chi connectivity index (χ0v) is 11.7. The molecule has 0 aliphatic carbocycles. The van der Waals surface area contributed by atoms with E-state index in [-0.39, 0.29) is 0 Å². The van der Waals surface area contributed by atoms with Gasteiger partial charge in [-0.3, -0.25) is 0 Å². The summed E-state index contributed by atoms with van der Waals surface area (Å²) in [6.45, 7) is 20.1. The molecule has 0 N–H and O–H groups in total. The minimum absolute atomic E-state index is 0.404. The third kappa shape index (κ3) is 8.74. The summed E-state index contributed by atoms with van der Waals surface area (Å²) < 4.78 is 0. The van der Waals surface area contributed by atoms with Gasteiger partial charge in [-0.2, -0.15) is 0 Å². The van der Waals surface area contributed by atoms with Crippen LogP contribution in [0.2, 0.25) is 0 Å². The van der Waals surface area contributed by atoms with Crippen molar-refractivity contribution >= 4 is 0 Å². The third-order valence-corrected chi connectivity index (χ3v) is 3.30. The summed E-state index contributed by atoms with van der Waals surface area (Å²) in [6.07, 6.45) is 10.8. The predicted octanol–water partition coefficient (Wildman–Crippen LogP) is 5.84. The van der Waals surface area contributed by atoms with Crippen LogP contribution in [0.5, 0.6) is 0 Å². The first kappa shape index (κ1) is 16.0. The van der Waals surface area contributed by atoms with Crippen LogP contribution < -0.4 is 0 Å². The minimum Gasteiger partial charge on any atom is -0.0988 e. The van der Waals surface area contributed by atoms with Gasteiger partial charge in [0.1, 0.15) is 0 Å². The van der Waals surface area contributed by atoms with Crippen LogP contribution >= 0.6 is 0 Å². The maximum atomic E-state index is 3.97. The Hall–Kier alpha value is -1.04. The molecule has 0 bridgehead atoms. The first-order chi connectivity index (χ1) is 7.91. The highest BCUT2D eigenvalue weighted by Crippen LogP contribution is 2.30. The smallest absolute Gasteiger partial charge is 0.0280 e. The van der Waals surface area contributed by atoms with E-state index in [1.165, 1.54) is 25.7 Å². The molecule has 0 saturated heterocycles. The van der Waals surface area contributed by atoms with Gasteiger partial charge in [-0.15, -0.1) is 0 Å². The van der Waals surface area contributed by atoms with E-state index in [0.29, 0.717) is 5.41 Å². The molecular formula is C17H28. The van der Waals surface area contributed by atoms with Crippen molar-refractivity contribution in [2.24, 2.45) is 5.41 Å². The van der Waals surface area contributed by atoms with Crippen molar-refractivity contribution in [2.45, 2.75) is 52.4 Å². The van der Waals surface area contributed by atoms with E-state index in [9.17, 15) is 0 Å². The molecule has 0 heteroatoms. The molecule has 0 unspecified atom stereocenters. The third-order valence-electron chi connectivity index (χ3n) is 3.30. The maximum Gasteiger partial charge on any atom is -0.0280 e. The number of unbranched alkanes of at least 4 members (excludes halogenated alkanes) is 1. The van der Waals surface area contributed by atoms with Crippen molar-refractivity contribution in [1.82, 2.24) is 0 Å². The number of allylic oxidation sites excluding steroid dienone is 4. The zero-order chi connectivity index (χ0) is 13.3. The summed E-state index contributed by atoms with van der Waals surface area (Å²) in [5.74, 6) is 0. The van der Waals surface area contributed by atoms with E-state index in [0.717, 1.165) is 24.0 Å². The maximum absolute atomic E-state index is 3.97. The Morgan fingerprint density at radius 2 is 1.41 bits per heavy atom. The monoisotopic (exact) mass is 232 g/mol. The Labute approximate surface area is 108 Å². The average Bonchev–Trinajstić information content (AvgIpc) is 2.31. The Bertz CT molecular complexity index is 278. The summed E-state index contributed by atoms with van der Waals surface area (Å²) in [5.41, 5.74) is 2.71. The predicted molar refractivity (Wildman–Crippen MR) is 80.2 cm³/mol. The highest BCUT2D eigenvalue weighted by molar-refractivity contribution is 5.11. The van der Waals surface area contributed by atoms with Gasteiger partial charge in [0.05, 0.1) is 0 Å². The van der Waals surface area contributed by atoms with Crippen LogP contribution in [0.15, 0.2) is 49.6 Å². The Morgan fingerprint density at radius 3 is 1.94 bits per heavy atom. The molecule has 0 fully saturated rings. The van der Waals surface area contributed by atoms with Crippen LogP contribution in [0, 0.1) is 5.41 Å². The normalized spacial score (nSPS) is 10.9. The fourth-order valence-electron chi connectivity index (χ4n) is 1.78. The topological polar surface area (TPSA) is 0 Å². The molecule has 0 saturated carbocycles. The molecule has 0 aromatic carbocycles. The molecule has 0 heterocycles. The van der Waals surface area contributed by atoms with Crippen LogP contribution in [-0.2, 0) is 0 Å². The summed E-state index contributed by atoms with van der Waals surface area (Å²) in [6, 6.07) is 0. The lowest BCUT2D eigenvalue weighted by atomic mass is 9.81. The number of hydrogen-bond donors (Lipinski definition) is 0. The molecule has 0 aliphatic heterocycles. The lowest BCUT2D eigenvalue weighted by Gasteiger charge is -2.24. The van der Waals surface area contributed by atoms with Crippen LogP contribution in [-0.4, -0.2) is 0 Å². The van der Waals surface area contributed by atoms with E-state index in [1.54, 1.807) is 0 Å². The first-order valence-electron chi connectivity index (χ1n) is 6.52. The second kappa shape index (κ2) is 8.11. The SMILES string of the molecule is C=CC(=C)CCCCC(C)(C)CCC(=C)C=C. The quantitative estimate of drug-likeness (QED) is 0.328. The Kier molecular flexibility index (Phi) is 7.61. The lowest BCUT2D eigenvalue weighted by Crippen LogP contribution is -2.11. The molecule has 0 spiro atoms. The molecular weight excluding hydrogens is 204 g/mol. The standard InChI is InChI=1S/C17H28/c1-7-15(3)11-9-10-13-17(5,6)14-12-16(4)8-2/h7-8H,1-4,9-14H2,5-6H3. The fourth-order valence-corrected chi connectivity index (χ4v) is 1.78. The van der Waals surface area contributed by atoms with Crippen LogP contribution in [0.1, 0.15) is 52.4 Å². The molecule has 0 aliphatic rings. The fraction of sp³-hybridized carbons (Fsp3) is 0.529. The largest absolute Gasteiger partial charge is 0.0988 e. The van der Waals surface area contributed by atoms with Gasteiger partial charge in [-0.05, 0) is 37.5 Å². The van der Waals surface area contributed by atoms with E-state index < -0.39 is 0 Å². The summed E-state index contributed by atoms with van der Waals surface area (Å²) in [4.78, 5) is 0. The second-order valence-electron chi connectivity index (χ2n) is 5.60. The van der Waals surface area contributed by atoms with Gasteiger partial charge in [0, 0.05) is 0 Å². The van der Waals surface area contributed by atoms with Crippen molar-refractivity contribution < 1.29 is 0 Å². The van der Waals surface area contributed by atoms with Crippen molar-refractivity contribution in [1.29, 1.82) is 0 Å². The van der Waals surface area contributed by atoms with Crippen molar-refractivity contribution in [3.05, 3.63) is 49.6 Å². The Balaban J connectivity index is 3.77. The van der Waals surface area contributed by atoms with Crippen LogP contribution in [0.4, 0.5) is 0 Å². The molecule has 0 radical (unpaired) electrons. The van der Waals surface area contributed by atoms with Crippen LogP contribution in [0.25, 0.3) is 0 Å². The molecule has 0 atom stereocenters. The van der Waals surface area contributed by atoms with Gasteiger partial charge in [0.15, 0.2) is 0 Å². The number of hydrogen-bond acceptors (Lipinski definition) is 0. The van der Waals surface area contributed by atoms with E-state index in [4.69, 9.17) is 0 Å². The zero-order valence-electron chi connectivity index (χ0n) is 11.7. The average molecular weight is 232 g/mol. The van der Waals surface area contributed by atoms with Crippen molar-refractivity contribution in [2.75, 3.05) is 0 Å². The summed E-state index contributed by atoms with van der Waals surface area (Å²) in [5, 5.41) is 0. The summed E-state index contributed by atoms with van der Waals surface area (Å²) in [7, 11) is 0. The van der Waals surface area contributed by atoms with Gasteiger partial charge in [-0.1, -0.05) is 69.9 Å². The van der Waals surface area contributed by atoms with Gasteiger partial charge in [0.2, 0.25) is 0 Å². The van der Waals surface area contributed by atoms with Crippen molar-refractivity contribution in [3.8, 4) is 0 Å². The Morgan fingerprint density at radius 1 is 0.882 bits per heavy atom. The first-order valence-corrected chi connectivity index (χ1v) is 6.52. The molecule has 17 heavy (non-hydrogen) atoms. The minimum atomic E-state index is 0.404. The molecule has 0 rings (SSSR count). The lowest BCUT2D eigenvalue weighted by molar-refractivity contribution is 0.297. The van der Waals surface area contributed by atoms with E-state index in [2.05, 4.69) is 40.2 Å². The molecule has 96 valence electrons. The van der Waals surface area contributed by atoms with Crippen molar-refractivity contribution in [3.63, 3.8) is 0 Å². The van der Waals surface area contributed by atoms with Crippen LogP contribution in [0.3, 0.4) is 0 Å². The molecule has 0 nitrogen and oxygen atoms in total. The number of rotatable bonds is 10. The van der Waals surface area contributed by atoms with E-state index in [1.807, 2.05) is 12.2 Å². The molecule has 0 aromatic rings. The highest BCUT2D eigenvalue weighted by Gasteiger charge is 2.16. The van der Waals surface area contributed by atoms with E-state index >= 15 is 0 Å². The van der Waals surface area contributed by atoms with Gasteiger partial charge < -0.3 is 0 Å². The summed E-state index contributed by atoms with van der Waals surface area (Å²) >= 11 is 0. The van der Waals surface area contributed by atoms with Gasteiger partial charge in [-0.25, -0.2) is 0 Å². The highest BCUT2D eigenvalue weighted by atomic mass is 14.2. The van der Waals surface area contributed by atoms with Gasteiger partial charge >= 0.3 is 0 Å². The van der Waals surface area contributed by atoms with Gasteiger partial charge in [0.25, 0.3) is 0 Å². The molecule has 0 amide bonds.